The number of nitrogens with zero attached hydrogens (tertiary/aromatic N) is 4. The molecule has 0 atom stereocenters. The Bertz CT molecular complexity index is 614. The van der Waals surface area contributed by atoms with Crippen molar-refractivity contribution in [1.82, 2.24) is 19.9 Å². The van der Waals surface area contributed by atoms with Crippen LogP contribution in [0.5, 0.6) is 0 Å². The van der Waals surface area contributed by atoms with E-state index in [-0.39, 0.29) is 18.3 Å². The Hall–Kier alpha value is -1.40. The van der Waals surface area contributed by atoms with Gasteiger partial charge in [-0.1, -0.05) is 39.3 Å². The van der Waals surface area contributed by atoms with Crippen LogP contribution >= 0.6 is 28.3 Å². The van der Waals surface area contributed by atoms with Crippen LogP contribution in [-0.2, 0) is 17.8 Å². The van der Waals surface area contributed by atoms with E-state index in [2.05, 4.69) is 32.3 Å². The number of aromatic nitrogens is 3. The lowest BCUT2D eigenvalue weighted by molar-refractivity contribution is -0.137. The Morgan fingerprint density at radius 3 is 2.77 bits per heavy atom. The van der Waals surface area contributed by atoms with Gasteiger partial charge in [0.1, 0.15) is 0 Å². The first-order valence-corrected chi connectivity index (χ1v) is 7.87. The zero-order valence-corrected chi connectivity index (χ0v) is 14.5. The van der Waals surface area contributed by atoms with Gasteiger partial charge in [0.25, 0.3) is 0 Å². The molecule has 1 aliphatic heterocycles. The fourth-order valence-electron chi connectivity index (χ4n) is 2.58. The third-order valence-electron chi connectivity index (χ3n) is 3.79. The van der Waals surface area contributed by atoms with Crippen LogP contribution in [-0.4, -0.2) is 38.9 Å². The maximum absolute atomic E-state index is 12.1. The van der Waals surface area contributed by atoms with E-state index >= 15 is 0 Å². The quantitative estimate of drug-likeness (QED) is 0.795. The monoisotopic (exact) mass is 384 g/mol. The molecule has 0 radical (unpaired) electrons. The Morgan fingerprint density at radius 2 is 2.09 bits per heavy atom. The summed E-state index contributed by atoms with van der Waals surface area (Å²) in [5.74, 6) is 0.736. The molecule has 0 N–H and O–H groups in total. The molecule has 2 heterocycles. The lowest BCUT2D eigenvalue weighted by Crippen LogP contribution is -2.51. The number of carbonyl (C=O) groups is 1. The highest BCUT2D eigenvalue weighted by atomic mass is 79.9. The Kier molecular flexibility index (Phi) is 5.97. The molecule has 7 heteroatoms. The van der Waals surface area contributed by atoms with E-state index in [1.165, 1.54) is 5.56 Å². The standard InChI is InChI=1S/C15H17BrN4O.ClH/c16-14-4-2-1-3-13(14)5-6-15(21)19-9-12(10-19)11-20-8-7-17-18-20;/h1-4,7-8,12H,5-6,9-11H2;1H. The molecule has 22 heavy (non-hydrogen) atoms. The smallest absolute Gasteiger partial charge is 0.222 e. The Balaban J connectivity index is 0.00000176. The number of hydrogen-bond donors (Lipinski definition) is 0. The van der Waals surface area contributed by atoms with Crippen LogP contribution in [0.2, 0.25) is 0 Å². The first kappa shape index (κ1) is 17.0. The van der Waals surface area contributed by atoms with Gasteiger partial charge in [-0.05, 0) is 18.1 Å². The Morgan fingerprint density at radius 1 is 1.32 bits per heavy atom. The van der Waals surface area contributed by atoms with E-state index in [1.807, 2.05) is 34.0 Å². The zero-order valence-electron chi connectivity index (χ0n) is 12.1. The number of benzene rings is 1. The highest BCUT2D eigenvalue weighted by molar-refractivity contribution is 9.10. The molecule has 1 aromatic carbocycles. The average molecular weight is 386 g/mol. The molecule has 0 bridgehead atoms. The lowest BCUT2D eigenvalue weighted by Gasteiger charge is -2.39. The van der Waals surface area contributed by atoms with Gasteiger partial charge in [0.05, 0.1) is 6.20 Å². The lowest BCUT2D eigenvalue weighted by atomic mass is 9.99. The fourth-order valence-corrected chi connectivity index (χ4v) is 3.07. The van der Waals surface area contributed by atoms with Crippen molar-refractivity contribution in [1.29, 1.82) is 0 Å². The van der Waals surface area contributed by atoms with E-state index in [4.69, 9.17) is 0 Å². The van der Waals surface area contributed by atoms with E-state index < -0.39 is 0 Å². The van der Waals surface area contributed by atoms with Crippen molar-refractivity contribution < 1.29 is 4.79 Å². The van der Waals surface area contributed by atoms with E-state index in [0.717, 1.165) is 30.5 Å². The fraction of sp³-hybridized carbons (Fsp3) is 0.400. The first-order valence-electron chi connectivity index (χ1n) is 7.07. The molecular weight excluding hydrogens is 368 g/mol. The molecule has 118 valence electrons. The highest BCUT2D eigenvalue weighted by Crippen LogP contribution is 2.21. The molecule has 1 fully saturated rings. The number of aryl methyl sites for hydroxylation is 1. The number of likely N-dealkylation sites (tertiary alicyclic amines) is 1. The van der Waals surface area contributed by atoms with Crippen molar-refractivity contribution in [3.8, 4) is 0 Å². The van der Waals surface area contributed by atoms with Gasteiger partial charge in [0.2, 0.25) is 5.91 Å². The molecule has 1 saturated heterocycles. The number of amides is 1. The predicted octanol–water partition coefficient (Wildman–Crippen LogP) is 2.55. The van der Waals surface area contributed by atoms with Gasteiger partial charge in [0.15, 0.2) is 0 Å². The summed E-state index contributed by atoms with van der Waals surface area (Å²) in [6.45, 7) is 2.50. The minimum atomic E-state index is 0. The van der Waals surface area contributed by atoms with Crippen LogP contribution in [0.3, 0.4) is 0 Å². The molecule has 0 aliphatic carbocycles. The molecule has 2 aromatic rings. The van der Waals surface area contributed by atoms with Crippen LogP contribution in [0.25, 0.3) is 0 Å². The molecular formula is C15H18BrClN4O. The number of halogens is 2. The molecule has 0 unspecified atom stereocenters. The second-order valence-electron chi connectivity index (χ2n) is 5.38. The number of hydrogen-bond acceptors (Lipinski definition) is 3. The van der Waals surface area contributed by atoms with Gasteiger partial charge in [0, 0.05) is 42.6 Å². The van der Waals surface area contributed by atoms with Crippen molar-refractivity contribution in [3.05, 3.63) is 46.7 Å². The summed E-state index contributed by atoms with van der Waals surface area (Å²) in [6.07, 6.45) is 4.89. The van der Waals surface area contributed by atoms with Gasteiger partial charge in [-0.15, -0.1) is 17.5 Å². The van der Waals surface area contributed by atoms with Crippen LogP contribution in [0.15, 0.2) is 41.1 Å². The average Bonchev–Trinajstić information content (AvgIpc) is 2.94. The normalized spacial score (nSPS) is 14.3. The Labute approximate surface area is 144 Å². The van der Waals surface area contributed by atoms with Gasteiger partial charge >= 0.3 is 0 Å². The largest absolute Gasteiger partial charge is 0.342 e. The summed E-state index contributed by atoms with van der Waals surface area (Å²) >= 11 is 3.52. The maximum Gasteiger partial charge on any atom is 0.222 e. The van der Waals surface area contributed by atoms with Crippen LogP contribution in [0, 0.1) is 5.92 Å². The SMILES string of the molecule is Cl.O=C(CCc1ccccc1Br)N1CC(Cn2ccnn2)C1. The minimum absolute atomic E-state index is 0. The van der Waals surface area contributed by atoms with E-state index in [9.17, 15) is 4.79 Å². The number of carbonyl (C=O) groups excluding carboxylic acids is 1. The molecule has 3 rings (SSSR count). The summed E-state index contributed by atoms with van der Waals surface area (Å²) < 4.78 is 2.90. The van der Waals surface area contributed by atoms with Crippen molar-refractivity contribution >= 4 is 34.2 Å². The molecule has 1 aromatic heterocycles. The minimum Gasteiger partial charge on any atom is -0.342 e. The molecule has 5 nitrogen and oxygen atoms in total. The van der Waals surface area contributed by atoms with Crippen molar-refractivity contribution in [2.24, 2.45) is 5.92 Å². The molecule has 1 aliphatic rings. The van der Waals surface area contributed by atoms with E-state index in [1.54, 1.807) is 6.20 Å². The number of rotatable bonds is 5. The second kappa shape index (κ2) is 7.74. The van der Waals surface area contributed by atoms with Crippen molar-refractivity contribution in [2.75, 3.05) is 13.1 Å². The van der Waals surface area contributed by atoms with Gasteiger partial charge in [-0.3, -0.25) is 9.48 Å². The summed E-state index contributed by atoms with van der Waals surface area (Å²) in [7, 11) is 0. The molecule has 0 saturated carbocycles. The van der Waals surface area contributed by atoms with Crippen LogP contribution < -0.4 is 0 Å². The van der Waals surface area contributed by atoms with Gasteiger partial charge in [-0.2, -0.15) is 0 Å². The third-order valence-corrected chi connectivity index (χ3v) is 4.57. The van der Waals surface area contributed by atoms with Crippen LogP contribution in [0.4, 0.5) is 0 Å². The summed E-state index contributed by atoms with van der Waals surface area (Å²) in [5.41, 5.74) is 1.19. The predicted molar refractivity (Wildman–Crippen MR) is 89.8 cm³/mol. The second-order valence-corrected chi connectivity index (χ2v) is 6.24. The van der Waals surface area contributed by atoms with Gasteiger partial charge < -0.3 is 4.90 Å². The zero-order chi connectivity index (χ0) is 14.7. The highest BCUT2D eigenvalue weighted by Gasteiger charge is 2.30. The topological polar surface area (TPSA) is 51.0 Å². The van der Waals surface area contributed by atoms with Crippen molar-refractivity contribution in [2.45, 2.75) is 19.4 Å². The first-order chi connectivity index (χ1) is 10.2. The third kappa shape index (κ3) is 4.08. The van der Waals surface area contributed by atoms with Gasteiger partial charge in [-0.25, -0.2) is 0 Å². The van der Waals surface area contributed by atoms with Crippen molar-refractivity contribution in [3.63, 3.8) is 0 Å². The van der Waals surface area contributed by atoms with E-state index in [0.29, 0.717) is 12.3 Å². The molecule has 0 spiro atoms. The summed E-state index contributed by atoms with van der Waals surface area (Å²) in [6, 6.07) is 8.06. The summed E-state index contributed by atoms with van der Waals surface area (Å²) in [5, 5.41) is 7.74. The maximum atomic E-state index is 12.1. The summed E-state index contributed by atoms with van der Waals surface area (Å²) in [4.78, 5) is 14.1. The van der Waals surface area contributed by atoms with Crippen LogP contribution in [0.1, 0.15) is 12.0 Å². The molecule has 1 amide bonds.